The Kier molecular flexibility index (Phi) is 6.97. The van der Waals surface area contributed by atoms with Gasteiger partial charge >= 0.3 is 6.18 Å². The van der Waals surface area contributed by atoms with Crippen LogP contribution in [0.25, 0.3) is 11.0 Å². The van der Waals surface area contributed by atoms with E-state index in [-0.39, 0.29) is 11.7 Å². The number of fused-ring (bicyclic) bond motifs is 2. The number of rotatable bonds is 7. The van der Waals surface area contributed by atoms with Gasteiger partial charge in [0.25, 0.3) is 0 Å². The highest BCUT2D eigenvalue weighted by atomic mass is 32.2. The number of alkyl halides is 3. The van der Waals surface area contributed by atoms with Crippen molar-refractivity contribution in [1.29, 1.82) is 0 Å². The van der Waals surface area contributed by atoms with E-state index in [0.29, 0.717) is 53.7 Å². The van der Waals surface area contributed by atoms with Crippen LogP contribution in [0.4, 0.5) is 13.2 Å². The number of hydrogen-bond donors (Lipinski definition) is 0. The fraction of sp³-hybridized carbons (Fsp3) is 0.417. The van der Waals surface area contributed by atoms with Gasteiger partial charge in [0.05, 0.1) is 36.6 Å². The van der Waals surface area contributed by atoms with Crippen LogP contribution < -0.4 is 9.47 Å². The number of aromatic nitrogens is 2. The van der Waals surface area contributed by atoms with Crippen molar-refractivity contribution in [3.63, 3.8) is 0 Å². The smallest absolute Gasteiger partial charge is 0.416 e. The number of halogens is 3. The van der Waals surface area contributed by atoms with Crippen LogP contribution >= 0.6 is 11.8 Å². The quantitative estimate of drug-likeness (QED) is 0.426. The van der Waals surface area contributed by atoms with Gasteiger partial charge < -0.3 is 18.9 Å². The highest BCUT2D eigenvalue weighted by Crippen LogP contribution is 2.35. The second kappa shape index (κ2) is 9.77. The van der Waals surface area contributed by atoms with E-state index >= 15 is 0 Å². The Hall–Kier alpha value is -2.88. The third-order valence-electron chi connectivity index (χ3n) is 5.88. The van der Waals surface area contributed by atoms with Crippen LogP contribution in [-0.4, -0.2) is 46.9 Å². The topological polar surface area (TPSA) is 56.6 Å². The molecular formula is C24H26F3N3O3S. The van der Waals surface area contributed by atoms with Crippen molar-refractivity contribution in [1.82, 2.24) is 14.5 Å². The summed E-state index contributed by atoms with van der Waals surface area (Å²) in [5.41, 5.74) is 2.35. The Morgan fingerprint density at radius 2 is 1.82 bits per heavy atom. The predicted octanol–water partition coefficient (Wildman–Crippen LogP) is 5.16. The van der Waals surface area contributed by atoms with Gasteiger partial charge in [0.1, 0.15) is 0 Å². The molecule has 6 nitrogen and oxygen atoms in total. The van der Waals surface area contributed by atoms with Gasteiger partial charge in [-0.2, -0.15) is 13.2 Å². The number of aryl methyl sites for hydroxylation is 1. The van der Waals surface area contributed by atoms with Crippen LogP contribution in [0, 0.1) is 0 Å². The number of carbonyl (C=O) groups is 1. The van der Waals surface area contributed by atoms with E-state index in [0.717, 1.165) is 29.7 Å². The van der Waals surface area contributed by atoms with Gasteiger partial charge in [0, 0.05) is 19.6 Å². The first-order valence-corrected chi connectivity index (χ1v) is 12.0. The maximum Gasteiger partial charge on any atom is 0.416 e. The molecule has 10 heteroatoms. The number of nitrogens with zero attached hydrogens (tertiary/aromatic N) is 3. The van der Waals surface area contributed by atoms with Gasteiger partial charge in [-0.1, -0.05) is 18.7 Å². The first kappa shape index (κ1) is 24.3. The first-order valence-electron chi connectivity index (χ1n) is 11.0. The van der Waals surface area contributed by atoms with Gasteiger partial charge in [-0.3, -0.25) is 4.79 Å². The summed E-state index contributed by atoms with van der Waals surface area (Å²) >= 11 is 1.26. The lowest BCUT2D eigenvalue weighted by Crippen LogP contribution is -2.37. The summed E-state index contributed by atoms with van der Waals surface area (Å²) in [6.07, 6.45) is -2.98. The Morgan fingerprint density at radius 3 is 2.47 bits per heavy atom. The first-order chi connectivity index (χ1) is 16.2. The number of thioether (sulfide) groups is 1. The molecule has 0 N–H and O–H groups in total. The minimum absolute atomic E-state index is 0.0449. The van der Waals surface area contributed by atoms with Crippen molar-refractivity contribution < 1.29 is 27.4 Å². The average Bonchev–Trinajstić information content (AvgIpc) is 3.17. The number of hydrogen-bond acceptors (Lipinski definition) is 5. The lowest BCUT2D eigenvalue weighted by Gasteiger charge is -2.29. The zero-order chi connectivity index (χ0) is 24.5. The van der Waals surface area contributed by atoms with Crippen molar-refractivity contribution >= 4 is 28.7 Å². The summed E-state index contributed by atoms with van der Waals surface area (Å²) in [5, 5.41) is 0.549. The van der Waals surface area contributed by atoms with Crippen molar-refractivity contribution in [3.8, 4) is 11.5 Å². The van der Waals surface area contributed by atoms with Crippen LogP contribution in [-0.2, 0) is 30.5 Å². The van der Waals surface area contributed by atoms with Crippen molar-refractivity contribution in [3.05, 3.63) is 47.0 Å². The maximum absolute atomic E-state index is 13.2. The SMILES string of the molecule is CCCn1c(SCC(=O)N2CCc3cc(OC)c(OC)cc3C2)nc2ccc(C(F)(F)F)cc21. The number of methoxy groups -OCH3 is 2. The maximum atomic E-state index is 13.2. The third-order valence-corrected chi connectivity index (χ3v) is 6.84. The number of carbonyl (C=O) groups excluding carboxylic acids is 1. The summed E-state index contributed by atoms with van der Waals surface area (Å²) in [6, 6.07) is 7.42. The molecule has 1 aromatic heterocycles. The second-order valence-electron chi connectivity index (χ2n) is 8.08. The molecule has 1 aliphatic heterocycles. The molecule has 0 unspecified atom stereocenters. The second-order valence-corrected chi connectivity index (χ2v) is 9.02. The van der Waals surface area contributed by atoms with Crippen LogP contribution in [0.2, 0.25) is 0 Å². The average molecular weight is 494 g/mol. The molecule has 2 aromatic carbocycles. The van der Waals surface area contributed by atoms with Crippen LogP contribution in [0.1, 0.15) is 30.0 Å². The molecule has 3 aromatic rings. The van der Waals surface area contributed by atoms with Crippen molar-refractivity contribution in [2.24, 2.45) is 0 Å². The Morgan fingerprint density at radius 1 is 1.12 bits per heavy atom. The molecule has 1 amide bonds. The fourth-order valence-corrected chi connectivity index (χ4v) is 5.08. The summed E-state index contributed by atoms with van der Waals surface area (Å²) in [6.45, 7) is 3.53. The molecule has 0 radical (unpaired) electrons. The number of amides is 1. The third kappa shape index (κ3) is 4.82. The minimum atomic E-state index is -4.42. The molecule has 0 spiro atoms. The summed E-state index contributed by atoms with van der Waals surface area (Å²) in [7, 11) is 3.17. The molecule has 182 valence electrons. The lowest BCUT2D eigenvalue weighted by molar-refractivity contribution is -0.137. The molecule has 0 fully saturated rings. The highest BCUT2D eigenvalue weighted by molar-refractivity contribution is 7.99. The molecule has 0 saturated heterocycles. The zero-order valence-electron chi connectivity index (χ0n) is 19.2. The van der Waals surface area contributed by atoms with Gasteiger partial charge in [-0.25, -0.2) is 4.98 Å². The highest BCUT2D eigenvalue weighted by Gasteiger charge is 2.31. The van der Waals surface area contributed by atoms with E-state index in [4.69, 9.17) is 9.47 Å². The van der Waals surface area contributed by atoms with Crippen molar-refractivity contribution in [2.75, 3.05) is 26.5 Å². The van der Waals surface area contributed by atoms with E-state index < -0.39 is 11.7 Å². The Labute approximate surface area is 200 Å². The van der Waals surface area contributed by atoms with Crippen LogP contribution in [0.15, 0.2) is 35.5 Å². The molecule has 0 bridgehead atoms. The molecule has 34 heavy (non-hydrogen) atoms. The molecule has 0 atom stereocenters. The molecule has 2 heterocycles. The number of imidazole rings is 1. The largest absolute Gasteiger partial charge is 0.493 e. The van der Waals surface area contributed by atoms with Crippen LogP contribution in [0.5, 0.6) is 11.5 Å². The molecule has 1 aliphatic rings. The lowest BCUT2D eigenvalue weighted by atomic mass is 9.99. The standard InChI is InChI=1S/C24H26F3N3O3S/c1-4-8-30-19-12-17(24(25,26)27)5-6-18(19)28-23(30)34-14-22(31)29-9-7-15-10-20(32-2)21(33-3)11-16(15)13-29/h5-6,10-12H,4,7-9,13-14H2,1-3H3. The summed E-state index contributed by atoms with van der Waals surface area (Å²) < 4.78 is 52.1. The van der Waals surface area contributed by atoms with Gasteiger partial charge in [-0.05, 0) is 54.3 Å². The van der Waals surface area contributed by atoms with Crippen molar-refractivity contribution in [2.45, 2.75) is 44.2 Å². The van der Waals surface area contributed by atoms with Gasteiger partial charge in [0.2, 0.25) is 5.91 Å². The van der Waals surface area contributed by atoms with E-state index in [1.165, 1.54) is 17.8 Å². The van der Waals surface area contributed by atoms with Gasteiger partial charge in [-0.15, -0.1) is 0 Å². The van der Waals surface area contributed by atoms with Crippen LogP contribution in [0.3, 0.4) is 0 Å². The minimum Gasteiger partial charge on any atom is -0.493 e. The number of ether oxygens (including phenoxy) is 2. The van der Waals surface area contributed by atoms with Gasteiger partial charge in [0.15, 0.2) is 16.7 Å². The monoisotopic (exact) mass is 493 g/mol. The zero-order valence-corrected chi connectivity index (χ0v) is 20.1. The molecule has 4 rings (SSSR count). The Balaban J connectivity index is 1.51. The summed E-state index contributed by atoms with van der Waals surface area (Å²) in [5.74, 6) is 1.40. The van der Waals surface area contributed by atoms with E-state index in [1.54, 1.807) is 23.7 Å². The van der Waals surface area contributed by atoms with E-state index in [9.17, 15) is 18.0 Å². The number of benzene rings is 2. The van der Waals surface area contributed by atoms with E-state index in [1.807, 2.05) is 19.1 Å². The Bertz CT molecular complexity index is 1210. The molecule has 0 aliphatic carbocycles. The predicted molar refractivity (Wildman–Crippen MR) is 124 cm³/mol. The normalized spacial score (nSPS) is 13.8. The summed E-state index contributed by atoms with van der Waals surface area (Å²) in [4.78, 5) is 19.3. The fourth-order valence-electron chi connectivity index (χ4n) is 4.14. The molecular weight excluding hydrogens is 467 g/mol. The molecule has 0 saturated carbocycles. The van der Waals surface area contributed by atoms with E-state index in [2.05, 4.69) is 4.98 Å².